The molecule has 146 valence electrons. The molecule has 1 unspecified atom stereocenters. The standard InChI is InChI=1S/C20H27ClN4O2/c21-16-3-4-17-18(11-16)27-20(24-17)25-9-1-2-15(13-25)10-19(26)23-12-14-5-7-22-8-6-14/h3-4,11,14-15,22H,1-2,5-10,12-13H2,(H,23,26). The average molecular weight is 391 g/mol. The van der Waals surface area contributed by atoms with Gasteiger partial charge in [-0.15, -0.1) is 0 Å². The lowest BCUT2D eigenvalue weighted by atomic mass is 9.94. The van der Waals surface area contributed by atoms with Gasteiger partial charge >= 0.3 is 0 Å². The van der Waals surface area contributed by atoms with Crippen molar-refractivity contribution in [2.45, 2.75) is 32.1 Å². The Balaban J connectivity index is 1.31. The van der Waals surface area contributed by atoms with Crippen molar-refractivity contribution in [3.05, 3.63) is 23.2 Å². The van der Waals surface area contributed by atoms with Crippen molar-refractivity contribution >= 4 is 34.6 Å². The number of nitrogens with zero attached hydrogens (tertiary/aromatic N) is 2. The second-order valence-corrected chi connectivity index (χ2v) is 8.20. The molecule has 3 heterocycles. The van der Waals surface area contributed by atoms with Gasteiger partial charge in [-0.25, -0.2) is 0 Å². The molecule has 0 spiro atoms. The first kappa shape index (κ1) is 18.6. The minimum Gasteiger partial charge on any atom is -0.423 e. The summed E-state index contributed by atoms with van der Waals surface area (Å²) in [7, 11) is 0. The van der Waals surface area contributed by atoms with Crippen LogP contribution in [0.4, 0.5) is 6.01 Å². The molecule has 7 heteroatoms. The number of carbonyl (C=O) groups excluding carboxylic acids is 1. The quantitative estimate of drug-likeness (QED) is 0.820. The summed E-state index contributed by atoms with van der Waals surface area (Å²) >= 11 is 6.03. The van der Waals surface area contributed by atoms with E-state index in [0.29, 0.717) is 34.9 Å². The topological polar surface area (TPSA) is 70.4 Å². The van der Waals surface area contributed by atoms with E-state index in [1.807, 2.05) is 12.1 Å². The summed E-state index contributed by atoms with van der Waals surface area (Å²) in [5.74, 6) is 1.12. The number of carbonyl (C=O) groups is 1. The lowest BCUT2D eigenvalue weighted by molar-refractivity contribution is -0.122. The molecule has 4 rings (SSSR count). The summed E-state index contributed by atoms with van der Waals surface area (Å²) in [6.07, 6.45) is 5.00. The van der Waals surface area contributed by atoms with E-state index in [-0.39, 0.29) is 5.91 Å². The molecule has 0 aliphatic carbocycles. The fourth-order valence-corrected chi connectivity index (χ4v) is 4.27. The minimum atomic E-state index is 0.171. The van der Waals surface area contributed by atoms with Gasteiger partial charge in [0.05, 0.1) is 0 Å². The molecule has 0 saturated carbocycles. The first-order valence-corrected chi connectivity index (χ1v) is 10.3. The molecule has 1 atom stereocenters. The summed E-state index contributed by atoms with van der Waals surface area (Å²) in [4.78, 5) is 19.1. The van der Waals surface area contributed by atoms with Crippen LogP contribution < -0.4 is 15.5 Å². The van der Waals surface area contributed by atoms with Gasteiger partial charge in [-0.1, -0.05) is 11.6 Å². The lowest BCUT2D eigenvalue weighted by Gasteiger charge is -2.31. The van der Waals surface area contributed by atoms with E-state index < -0.39 is 0 Å². The maximum atomic E-state index is 12.4. The number of rotatable bonds is 5. The molecule has 1 aromatic carbocycles. The first-order valence-electron chi connectivity index (χ1n) is 9.96. The highest BCUT2D eigenvalue weighted by molar-refractivity contribution is 6.31. The van der Waals surface area contributed by atoms with Crippen molar-refractivity contribution < 1.29 is 9.21 Å². The maximum absolute atomic E-state index is 12.4. The van der Waals surface area contributed by atoms with E-state index in [9.17, 15) is 4.79 Å². The summed E-state index contributed by atoms with van der Waals surface area (Å²) in [6.45, 7) is 4.65. The number of fused-ring (bicyclic) bond motifs is 1. The minimum absolute atomic E-state index is 0.171. The number of benzene rings is 1. The molecular weight excluding hydrogens is 364 g/mol. The first-order chi connectivity index (χ1) is 13.2. The van der Waals surface area contributed by atoms with Crippen molar-refractivity contribution in [1.29, 1.82) is 0 Å². The third kappa shape index (κ3) is 4.74. The summed E-state index contributed by atoms with van der Waals surface area (Å²) in [6, 6.07) is 6.12. The van der Waals surface area contributed by atoms with Gasteiger partial charge in [-0.3, -0.25) is 4.79 Å². The van der Waals surface area contributed by atoms with Crippen LogP contribution in [-0.2, 0) is 4.79 Å². The van der Waals surface area contributed by atoms with Gasteiger partial charge in [0.25, 0.3) is 6.01 Å². The van der Waals surface area contributed by atoms with Crippen LogP contribution in [0.1, 0.15) is 32.1 Å². The van der Waals surface area contributed by atoms with Gasteiger partial charge < -0.3 is 20.0 Å². The second-order valence-electron chi connectivity index (χ2n) is 7.76. The molecule has 2 aromatic rings. The van der Waals surface area contributed by atoms with E-state index in [2.05, 4.69) is 20.5 Å². The van der Waals surface area contributed by atoms with Crippen LogP contribution in [0.15, 0.2) is 22.6 Å². The van der Waals surface area contributed by atoms with Crippen LogP contribution in [0.2, 0.25) is 5.02 Å². The Bertz CT molecular complexity index is 787. The predicted octanol–water partition coefficient (Wildman–Crippen LogP) is 3.20. The molecule has 27 heavy (non-hydrogen) atoms. The average Bonchev–Trinajstić information content (AvgIpc) is 3.11. The van der Waals surface area contributed by atoms with E-state index in [0.717, 1.165) is 63.9 Å². The molecule has 2 N–H and O–H groups in total. The van der Waals surface area contributed by atoms with Gasteiger partial charge in [0.15, 0.2) is 5.58 Å². The molecular formula is C20H27ClN4O2. The highest BCUT2D eigenvalue weighted by Gasteiger charge is 2.25. The fraction of sp³-hybridized carbons (Fsp3) is 0.600. The molecule has 0 bridgehead atoms. The van der Waals surface area contributed by atoms with Crippen LogP contribution >= 0.6 is 11.6 Å². The third-order valence-corrected chi connectivity index (χ3v) is 5.88. The molecule has 1 amide bonds. The Labute approximate surface area is 164 Å². The second kappa shape index (κ2) is 8.48. The number of hydrogen-bond donors (Lipinski definition) is 2. The van der Waals surface area contributed by atoms with Crippen LogP contribution in [-0.4, -0.2) is 43.6 Å². The fourth-order valence-electron chi connectivity index (χ4n) is 4.11. The number of aromatic nitrogens is 1. The lowest BCUT2D eigenvalue weighted by Crippen LogP contribution is -2.40. The number of hydrogen-bond acceptors (Lipinski definition) is 5. The Morgan fingerprint density at radius 1 is 1.30 bits per heavy atom. The molecule has 6 nitrogen and oxygen atoms in total. The SMILES string of the molecule is O=C(CC1CCCN(c2nc3ccc(Cl)cc3o2)C1)NCC1CCNCC1. The van der Waals surface area contributed by atoms with Gasteiger partial charge in [0.2, 0.25) is 5.91 Å². The molecule has 2 aliphatic heterocycles. The zero-order valence-electron chi connectivity index (χ0n) is 15.5. The van der Waals surface area contributed by atoms with Crippen LogP contribution in [0.3, 0.4) is 0 Å². The smallest absolute Gasteiger partial charge is 0.298 e. The zero-order valence-corrected chi connectivity index (χ0v) is 16.3. The monoisotopic (exact) mass is 390 g/mol. The number of piperidine rings is 2. The highest BCUT2D eigenvalue weighted by atomic mass is 35.5. The van der Waals surface area contributed by atoms with Crippen LogP contribution in [0.5, 0.6) is 0 Å². The largest absolute Gasteiger partial charge is 0.423 e. The van der Waals surface area contributed by atoms with Crippen molar-refractivity contribution in [2.24, 2.45) is 11.8 Å². The summed E-state index contributed by atoms with van der Waals surface area (Å²) in [5.41, 5.74) is 1.52. The molecule has 2 aliphatic rings. The zero-order chi connectivity index (χ0) is 18.6. The van der Waals surface area contributed by atoms with E-state index in [1.165, 1.54) is 0 Å². The molecule has 1 aromatic heterocycles. The number of amides is 1. The molecule has 0 radical (unpaired) electrons. The van der Waals surface area contributed by atoms with Crippen molar-refractivity contribution in [2.75, 3.05) is 37.6 Å². The van der Waals surface area contributed by atoms with E-state index in [4.69, 9.17) is 16.0 Å². The van der Waals surface area contributed by atoms with Crippen LogP contribution in [0.25, 0.3) is 11.1 Å². The van der Waals surface area contributed by atoms with Gasteiger partial charge in [0.1, 0.15) is 5.52 Å². The van der Waals surface area contributed by atoms with Gasteiger partial charge in [-0.2, -0.15) is 4.98 Å². The maximum Gasteiger partial charge on any atom is 0.298 e. The molecule has 2 saturated heterocycles. The Morgan fingerprint density at radius 3 is 3.00 bits per heavy atom. The number of nitrogens with one attached hydrogen (secondary N) is 2. The normalized spacial score (nSPS) is 21.5. The molecule has 2 fully saturated rings. The number of anilines is 1. The van der Waals surface area contributed by atoms with Gasteiger partial charge in [0, 0.05) is 37.1 Å². The van der Waals surface area contributed by atoms with Crippen LogP contribution in [0, 0.1) is 11.8 Å². The van der Waals surface area contributed by atoms with E-state index >= 15 is 0 Å². The Hall–Kier alpha value is -1.79. The predicted molar refractivity (Wildman–Crippen MR) is 107 cm³/mol. The Morgan fingerprint density at radius 2 is 2.15 bits per heavy atom. The third-order valence-electron chi connectivity index (χ3n) is 5.65. The number of halogens is 1. The van der Waals surface area contributed by atoms with Gasteiger partial charge in [-0.05, 0) is 62.7 Å². The van der Waals surface area contributed by atoms with E-state index in [1.54, 1.807) is 6.07 Å². The van der Waals surface area contributed by atoms with Crippen molar-refractivity contribution in [3.8, 4) is 0 Å². The summed E-state index contributed by atoms with van der Waals surface area (Å²) in [5, 5.41) is 7.15. The van der Waals surface area contributed by atoms with Crippen molar-refractivity contribution in [3.63, 3.8) is 0 Å². The highest BCUT2D eigenvalue weighted by Crippen LogP contribution is 2.28. The summed E-state index contributed by atoms with van der Waals surface area (Å²) < 4.78 is 5.89. The Kier molecular flexibility index (Phi) is 5.83. The number of oxazole rings is 1. The van der Waals surface area contributed by atoms with Crippen molar-refractivity contribution in [1.82, 2.24) is 15.6 Å².